The number of rotatable bonds is 40. The Hall–Kier alpha value is -1.02. The maximum atomic E-state index is 12.8. The highest BCUT2D eigenvalue weighted by Gasteiger charge is 2.23. The van der Waals surface area contributed by atoms with Gasteiger partial charge in [0.1, 0.15) is 13.2 Å². The summed E-state index contributed by atoms with van der Waals surface area (Å²) in [5.41, 5.74) is 0. The standard InChI is InChI=1S/C44H87N2O6P/c1-6-8-10-12-14-16-17-18-19-20-21-22-23-24-25-26-27-28-30-32-34-36-38-44(48)45-42(41-52-53(49,50)51-40-39-46(3,4)5)43(47)37-35-33-31-29-15-13-11-9-7-2/h15,29,35,37,42-43,47H,6-14,16-28,30-34,36,38-41H2,1-5H3,(H-,45,48,49,50)/b29-15+,37-35+/t42-,43+/m0/s1. The Balaban J connectivity index is 4.21. The van der Waals surface area contributed by atoms with Crippen LogP contribution < -0.4 is 10.2 Å². The van der Waals surface area contributed by atoms with E-state index in [2.05, 4.69) is 31.3 Å². The fourth-order valence-corrected chi connectivity index (χ4v) is 7.07. The summed E-state index contributed by atoms with van der Waals surface area (Å²) in [5, 5.41) is 13.7. The Morgan fingerprint density at radius 3 is 1.53 bits per heavy atom. The molecule has 0 spiro atoms. The number of nitrogens with one attached hydrogen (secondary N) is 1. The number of likely N-dealkylation sites (N-methyl/N-ethyl adjacent to an activating group) is 1. The molecule has 0 aromatic heterocycles. The zero-order chi connectivity index (χ0) is 39.3. The van der Waals surface area contributed by atoms with E-state index < -0.39 is 20.0 Å². The first-order valence-electron chi connectivity index (χ1n) is 22.2. The third kappa shape index (κ3) is 39.0. The van der Waals surface area contributed by atoms with Crippen molar-refractivity contribution in [3.8, 4) is 0 Å². The molecule has 0 fully saturated rings. The number of unbranched alkanes of at least 4 members (excludes halogenated alkanes) is 25. The van der Waals surface area contributed by atoms with Gasteiger partial charge in [0.2, 0.25) is 5.91 Å². The molecule has 3 atom stereocenters. The second-order valence-corrected chi connectivity index (χ2v) is 17.8. The third-order valence-corrected chi connectivity index (χ3v) is 10.9. The molecule has 0 aromatic carbocycles. The maximum Gasteiger partial charge on any atom is 0.268 e. The van der Waals surface area contributed by atoms with Crippen molar-refractivity contribution in [3.63, 3.8) is 0 Å². The number of hydrogen-bond donors (Lipinski definition) is 2. The minimum atomic E-state index is -4.58. The fourth-order valence-electron chi connectivity index (χ4n) is 6.34. The molecule has 1 unspecified atom stereocenters. The molecule has 314 valence electrons. The quantitative estimate of drug-likeness (QED) is 0.0278. The first-order chi connectivity index (χ1) is 25.5. The largest absolute Gasteiger partial charge is 0.756 e. The van der Waals surface area contributed by atoms with E-state index in [0.29, 0.717) is 17.4 Å². The topological polar surface area (TPSA) is 108 Å². The summed E-state index contributed by atoms with van der Waals surface area (Å²) in [7, 11) is 1.25. The van der Waals surface area contributed by atoms with Gasteiger partial charge in [-0.05, 0) is 32.1 Å². The molecule has 0 saturated carbocycles. The van der Waals surface area contributed by atoms with Crippen molar-refractivity contribution < 1.29 is 32.9 Å². The fraction of sp³-hybridized carbons (Fsp3) is 0.886. The lowest BCUT2D eigenvalue weighted by Gasteiger charge is -2.29. The van der Waals surface area contributed by atoms with Gasteiger partial charge in [0.15, 0.2) is 0 Å². The molecule has 8 nitrogen and oxygen atoms in total. The Morgan fingerprint density at radius 1 is 0.642 bits per heavy atom. The van der Waals surface area contributed by atoms with Gasteiger partial charge in [-0.2, -0.15) is 0 Å². The van der Waals surface area contributed by atoms with Gasteiger partial charge >= 0.3 is 0 Å². The number of aliphatic hydroxyl groups is 1. The van der Waals surface area contributed by atoms with Crippen molar-refractivity contribution in [2.24, 2.45) is 0 Å². The van der Waals surface area contributed by atoms with Crippen LogP contribution in [0, 0.1) is 0 Å². The molecule has 2 N–H and O–H groups in total. The summed E-state index contributed by atoms with van der Waals surface area (Å²) in [5.74, 6) is -0.207. The number of nitrogens with zero attached hydrogens (tertiary/aromatic N) is 1. The predicted octanol–water partition coefficient (Wildman–Crippen LogP) is 11.5. The summed E-state index contributed by atoms with van der Waals surface area (Å²) in [6.45, 7) is 4.58. The van der Waals surface area contributed by atoms with E-state index in [1.54, 1.807) is 6.08 Å². The van der Waals surface area contributed by atoms with Gasteiger partial charge in [0.05, 0.1) is 39.9 Å². The summed E-state index contributed by atoms with van der Waals surface area (Å²) in [6.07, 6.45) is 42.5. The molecule has 9 heteroatoms. The van der Waals surface area contributed by atoms with Gasteiger partial charge < -0.3 is 28.8 Å². The average Bonchev–Trinajstić information content (AvgIpc) is 3.10. The third-order valence-electron chi connectivity index (χ3n) is 9.91. The Morgan fingerprint density at radius 2 is 1.06 bits per heavy atom. The van der Waals surface area contributed by atoms with Crippen molar-refractivity contribution in [3.05, 3.63) is 24.3 Å². The molecule has 0 saturated heterocycles. The minimum Gasteiger partial charge on any atom is -0.756 e. The van der Waals surface area contributed by atoms with Gasteiger partial charge in [0, 0.05) is 6.42 Å². The molecule has 0 radical (unpaired) electrons. The highest BCUT2D eigenvalue weighted by atomic mass is 31.2. The average molecular weight is 771 g/mol. The van der Waals surface area contributed by atoms with Crippen LogP contribution in [0.3, 0.4) is 0 Å². The van der Waals surface area contributed by atoms with Crippen LogP contribution in [-0.2, 0) is 18.4 Å². The first-order valence-corrected chi connectivity index (χ1v) is 23.7. The number of phosphoric ester groups is 1. The lowest BCUT2D eigenvalue weighted by atomic mass is 10.0. The molecule has 0 aliphatic heterocycles. The van der Waals surface area contributed by atoms with E-state index >= 15 is 0 Å². The first kappa shape index (κ1) is 52.0. The lowest BCUT2D eigenvalue weighted by molar-refractivity contribution is -0.870. The summed E-state index contributed by atoms with van der Waals surface area (Å²) in [4.78, 5) is 25.2. The maximum absolute atomic E-state index is 12.8. The molecule has 0 aromatic rings. The molecule has 0 bridgehead atoms. The lowest BCUT2D eigenvalue weighted by Crippen LogP contribution is -2.45. The summed E-state index contributed by atoms with van der Waals surface area (Å²) < 4.78 is 23.1. The molecule has 0 aliphatic carbocycles. The van der Waals surface area contributed by atoms with Crippen molar-refractivity contribution in [2.45, 2.75) is 212 Å². The number of allylic oxidation sites excluding steroid dienone is 3. The van der Waals surface area contributed by atoms with E-state index in [1.807, 2.05) is 27.2 Å². The smallest absolute Gasteiger partial charge is 0.268 e. The monoisotopic (exact) mass is 771 g/mol. The van der Waals surface area contributed by atoms with Crippen LogP contribution in [0.25, 0.3) is 0 Å². The highest BCUT2D eigenvalue weighted by molar-refractivity contribution is 7.45. The molecular weight excluding hydrogens is 683 g/mol. The number of carbonyl (C=O) groups excluding carboxylic acids is 1. The van der Waals surface area contributed by atoms with Crippen LogP contribution in [0.5, 0.6) is 0 Å². The van der Waals surface area contributed by atoms with Crippen LogP contribution in [0.1, 0.15) is 200 Å². The SMILES string of the molecule is CCCCC/C=C/CC/C=C/[C@@H](O)[C@H](COP(=O)([O-])OCC[N+](C)(C)C)NC(=O)CCCCCCCCCCCCCCCCCCCCCCCC. The number of phosphoric acid groups is 1. The van der Waals surface area contributed by atoms with E-state index in [1.165, 1.54) is 141 Å². The van der Waals surface area contributed by atoms with Crippen molar-refractivity contribution in [1.29, 1.82) is 0 Å². The van der Waals surface area contributed by atoms with Crippen molar-refractivity contribution >= 4 is 13.7 Å². The summed E-state index contributed by atoms with van der Waals surface area (Å²) >= 11 is 0. The second kappa shape index (κ2) is 36.6. The highest BCUT2D eigenvalue weighted by Crippen LogP contribution is 2.38. The Kier molecular flexibility index (Phi) is 35.9. The van der Waals surface area contributed by atoms with Crippen molar-refractivity contribution in [1.82, 2.24) is 5.32 Å². The van der Waals surface area contributed by atoms with Gasteiger partial charge in [-0.3, -0.25) is 9.36 Å². The van der Waals surface area contributed by atoms with Crippen LogP contribution in [0.2, 0.25) is 0 Å². The number of hydrogen-bond acceptors (Lipinski definition) is 6. The zero-order valence-electron chi connectivity index (χ0n) is 35.5. The van der Waals surface area contributed by atoms with Gasteiger partial charge in [0.25, 0.3) is 7.82 Å². The minimum absolute atomic E-state index is 0.00473. The molecule has 0 heterocycles. The Labute approximate surface area is 328 Å². The van der Waals surface area contributed by atoms with Crippen LogP contribution in [0.4, 0.5) is 0 Å². The number of carbonyl (C=O) groups is 1. The molecule has 53 heavy (non-hydrogen) atoms. The number of amides is 1. The summed E-state index contributed by atoms with van der Waals surface area (Å²) in [6, 6.07) is -0.896. The van der Waals surface area contributed by atoms with Gasteiger partial charge in [-0.1, -0.05) is 186 Å². The second-order valence-electron chi connectivity index (χ2n) is 16.4. The zero-order valence-corrected chi connectivity index (χ0v) is 36.4. The normalized spacial score (nSPS) is 14.6. The predicted molar refractivity (Wildman–Crippen MR) is 224 cm³/mol. The molecule has 0 aliphatic rings. The number of aliphatic hydroxyl groups excluding tert-OH is 1. The van der Waals surface area contributed by atoms with Gasteiger partial charge in [-0.15, -0.1) is 0 Å². The molecular formula is C44H87N2O6P. The van der Waals surface area contributed by atoms with E-state index in [0.717, 1.165) is 38.5 Å². The van der Waals surface area contributed by atoms with Crippen LogP contribution in [0.15, 0.2) is 24.3 Å². The number of quaternary nitrogens is 1. The van der Waals surface area contributed by atoms with Crippen molar-refractivity contribution in [2.75, 3.05) is 40.9 Å². The van der Waals surface area contributed by atoms with Crippen LogP contribution in [-0.4, -0.2) is 68.5 Å². The Bertz CT molecular complexity index is 922. The van der Waals surface area contributed by atoms with Crippen LogP contribution >= 0.6 is 7.82 Å². The van der Waals surface area contributed by atoms with E-state index in [-0.39, 0.29) is 19.1 Å². The molecule has 0 rings (SSSR count). The van der Waals surface area contributed by atoms with E-state index in [4.69, 9.17) is 9.05 Å². The molecule has 1 amide bonds. The van der Waals surface area contributed by atoms with Gasteiger partial charge in [-0.25, -0.2) is 0 Å². The van der Waals surface area contributed by atoms with E-state index in [9.17, 15) is 19.4 Å².